The molecule has 0 aliphatic rings. The first-order valence-electron chi connectivity index (χ1n) is 10.0. The van der Waals surface area contributed by atoms with Gasteiger partial charge in [0.25, 0.3) is 0 Å². The van der Waals surface area contributed by atoms with Crippen LogP contribution < -0.4 is 9.47 Å². The molecule has 0 atom stereocenters. The number of hydrogen-bond acceptors (Lipinski definition) is 6. The number of carbonyl (C=O) groups is 1. The molecule has 4 nitrogen and oxygen atoms in total. The standard InChI is InChI=1S/C26H24O4S2/c1-3-26(27)30-19-5-18-29-21-8-12-23(13-9-21)32-25-16-14-24(15-17-25)31-22-10-6-20(7-11-22)28-4-2/h3-4,6-17H,1-2,5,18-19H2. The lowest BCUT2D eigenvalue weighted by molar-refractivity contribution is -0.137. The van der Waals surface area contributed by atoms with Crippen molar-refractivity contribution in [2.45, 2.75) is 26.0 Å². The SMILES string of the molecule is C=COc1ccc(Sc2ccc(Sc3ccc(OCCCOC(=O)C=C)cc3)cc2)cc1. The highest BCUT2D eigenvalue weighted by molar-refractivity contribution is 7.99. The molecular formula is C26H24O4S2. The molecule has 0 heterocycles. The molecule has 3 aromatic carbocycles. The molecule has 3 aromatic rings. The first kappa shape index (κ1) is 23.6. The lowest BCUT2D eigenvalue weighted by Crippen LogP contribution is -2.06. The lowest BCUT2D eigenvalue weighted by Gasteiger charge is -2.08. The minimum Gasteiger partial charge on any atom is -0.493 e. The van der Waals surface area contributed by atoms with E-state index in [0.717, 1.165) is 27.4 Å². The Hall–Kier alpha value is -3.09. The van der Waals surface area contributed by atoms with E-state index in [-0.39, 0.29) is 0 Å². The monoisotopic (exact) mass is 464 g/mol. The number of hydrogen-bond donors (Lipinski definition) is 0. The average Bonchev–Trinajstić information content (AvgIpc) is 2.82. The summed E-state index contributed by atoms with van der Waals surface area (Å²) >= 11 is 3.40. The average molecular weight is 465 g/mol. The number of carbonyl (C=O) groups excluding carboxylic acids is 1. The zero-order valence-electron chi connectivity index (χ0n) is 17.6. The second-order valence-electron chi connectivity index (χ2n) is 6.48. The maximum absolute atomic E-state index is 11.0. The molecule has 0 saturated heterocycles. The molecule has 0 radical (unpaired) electrons. The van der Waals surface area contributed by atoms with Crippen molar-refractivity contribution in [1.82, 2.24) is 0 Å². The molecular weight excluding hydrogens is 440 g/mol. The van der Waals surface area contributed by atoms with Gasteiger partial charge in [-0.05, 0) is 72.8 Å². The maximum Gasteiger partial charge on any atom is 0.330 e. The summed E-state index contributed by atoms with van der Waals surface area (Å²) in [6.07, 6.45) is 3.21. The van der Waals surface area contributed by atoms with Crippen molar-refractivity contribution in [3.05, 3.63) is 98.3 Å². The Morgan fingerprint density at radius 3 is 1.66 bits per heavy atom. The van der Waals surface area contributed by atoms with E-state index in [9.17, 15) is 4.79 Å². The second-order valence-corrected chi connectivity index (χ2v) is 8.77. The number of ether oxygens (including phenoxy) is 3. The molecule has 6 heteroatoms. The molecule has 0 fully saturated rings. The van der Waals surface area contributed by atoms with Crippen molar-refractivity contribution >= 4 is 29.5 Å². The Labute approximate surface area is 197 Å². The van der Waals surface area contributed by atoms with E-state index in [0.29, 0.717) is 19.6 Å². The van der Waals surface area contributed by atoms with Crippen LogP contribution in [0.25, 0.3) is 0 Å². The smallest absolute Gasteiger partial charge is 0.330 e. The van der Waals surface area contributed by atoms with Crippen LogP contribution in [0.2, 0.25) is 0 Å². The molecule has 0 aromatic heterocycles. The maximum atomic E-state index is 11.0. The Bertz CT molecular complexity index is 1010. The van der Waals surface area contributed by atoms with Gasteiger partial charge in [-0.3, -0.25) is 0 Å². The van der Waals surface area contributed by atoms with Crippen molar-refractivity contribution in [2.75, 3.05) is 13.2 Å². The summed E-state index contributed by atoms with van der Waals surface area (Å²) in [4.78, 5) is 15.6. The van der Waals surface area contributed by atoms with Crippen LogP contribution in [0.3, 0.4) is 0 Å². The van der Waals surface area contributed by atoms with Crippen molar-refractivity contribution in [1.29, 1.82) is 0 Å². The minimum absolute atomic E-state index is 0.322. The number of esters is 1. The van der Waals surface area contributed by atoms with Gasteiger partial charge in [-0.15, -0.1) is 0 Å². The van der Waals surface area contributed by atoms with E-state index in [4.69, 9.17) is 14.2 Å². The third-order valence-electron chi connectivity index (χ3n) is 4.13. The Morgan fingerprint density at radius 2 is 1.19 bits per heavy atom. The zero-order valence-corrected chi connectivity index (χ0v) is 19.2. The molecule has 0 saturated carbocycles. The topological polar surface area (TPSA) is 44.8 Å². The fourth-order valence-electron chi connectivity index (χ4n) is 2.61. The van der Waals surface area contributed by atoms with Crippen LogP contribution in [0.5, 0.6) is 11.5 Å². The van der Waals surface area contributed by atoms with Crippen LogP contribution in [0.1, 0.15) is 6.42 Å². The zero-order chi connectivity index (χ0) is 22.6. The molecule has 0 bridgehead atoms. The van der Waals surface area contributed by atoms with Crippen LogP contribution in [-0.4, -0.2) is 19.2 Å². The Kier molecular flexibility index (Phi) is 9.35. The predicted molar refractivity (Wildman–Crippen MR) is 130 cm³/mol. The van der Waals surface area contributed by atoms with Gasteiger partial charge in [0.2, 0.25) is 0 Å². The normalized spacial score (nSPS) is 10.2. The van der Waals surface area contributed by atoms with E-state index in [1.54, 1.807) is 23.5 Å². The van der Waals surface area contributed by atoms with Gasteiger partial charge < -0.3 is 14.2 Å². The van der Waals surface area contributed by atoms with Crippen LogP contribution in [-0.2, 0) is 9.53 Å². The van der Waals surface area contributed by atoms with Crippen LogP contribution >= 0.6 is 23.5 Å². The Balaban J connectivity index is 1.45. The van der Waals surface area contributed by atoms with Gasteiger partial charge in [-0.2, -0.15) is 0 Å². The molecule has 0 N–H and O–H groups in total. The fraction of sp³-hybridized carbons (Fsp3) is 0.115. The van der Waals surface area contributed by atoms with E-state index in [1.165, 1.54) is 16.1 Å². The second kappa shape index (κ2) is 12.7. The molecule has 0 spiro atoms. The summed E-state index contributed by atoms with van der Waals surface area (Å²) < 4.78 is 15.9. The quantitative estimate of drug-likeness (QED) is 0.124. The number of benzene rings is 3. The third kappa shape index (κ3) is 7.87. The highest BCUT2D eigenvalue weighted by Gasteiger charge is 2.02. The molecule has 3 rings (SSSR count). The van der Waals surface area contributed by atoms with Crippen LogP contribution in [0.15, 0.2) is 118 Å². The first-order chi connectivity index (χ1) is 15.7. The van der Waals surface area contributed by atoms with E-state index >= 15 is 0 Å². The van der Waals surface area contributed by atoms with Gasteiger partial charge in [-0.25, -0.2) is 4.79 Å². The van der Waals surface area contributed by atoms with Gasteiger partial charge in [-0.1, -0.05) is 36.7 Å². The van der Waals surface area contributed by atoms with Gasteiger partial charge in [0.15, 0.2) is 0 Å². The van der Waals surface area contributed by atoms with Gasteiger partial charge in [0, 0.05) is 32.1 Å². The van der Waals surface area contributed by atoms with Crippen molar-refractivity contribution < 1.29 is 19.0 Å². The van der Waals surface area contributed by atoms with Crippen molar-refractivity contribution in [2.24, 2.45) is 0 Å². The molecule has 164 valence electrons. The summed E-state index contributed by atoms with van der Waals surface area (Å²) in [5.74, 6) is 1.16. The number of rotatable bonds is 12. The first-order valence-corrected chi connectivity index (χ1v) is 11.6. The summed E-state index contributed by atoms with van der Waals surface area (Å²) in [6.45, 7) is 7.73. The summed E-state index contributed by atoms with van der Waals surface area (Å²) in [7, 11) is 0. The van der Waals surface area contributed by atoms with E-state index in [2.05, 4.69) is 37.4 Å². The Morgan fingerprint density at radius 1 is 0.719 bits per heavy atom. The van der Waals surface area contributed by atoms with Crippen molar-refractivity contribution in [3.63, 3.8) is 0 Å². The minimum atomic E-state index is -0.411. The molecule has 0 amide bonds. The van der Waals surface area contributed by atoms with E-state index < -0.39 is 5.97 Å². The highest BCUT2D eigenvalue weighted by atomic mass is 32.2. The van der Waals surface area contributed by atoms with Crippen molar-refractivity contribution in [3.8, 4) is 11.5 Å². The summed E-state index contributed by atoms with van der Waals surface area (Å²) in [5, 5.41) is 0. The molecule has 0 unspecified atom stereocenters. The predicted octanol–water partition coefficient (Wildman–Crippen LogP) is 7.01. The van der Waals surface area contributed by atoms with Gasteiger partial charge in [0.05, 0.1) is 19.5 Å². The molecule has 32 heavy (non-hydrogen) atoms. The van der Waals surface area contributed by atoms with Gasteiger partial charge in [0.1, 0.15) is 11.5 Å². The third-order valence-corrected chi connectivity index (χ3v) is 6.16. The van der Waals surface area contributed by atoms with Crippen LogP contribution in [0, 0.1) is 0 Å². The van der Waals surface area contributed by atoms with Crippen LogP contribution in [0.4, 0.5) is 0 Å². The molecule has 0 aliphatic carbocycles. The summed E-state index contributed by atoms with van der Waals surface area (Å²) in [6, 6.07) is 24.4. The summed E-state index contributed by atoms with van der Waals surface area (Å²) in [5.41, 5.74) is 0. The highest BCUT2D eigenvalue weighted by Crippen LogP contribution is 2.33. The van der Waals surface area contributed by atoms with Gasteiger partial charge >= 0.3 is 5.97 Å². The molecule has 0 aliphatic heterocycles. The van der Waals surface area contributed by atoms with E-state index in [1.807, 2.05) is 48.5 Å². The lowest BCUT2D eigenvalue weighted by atomic mass is 10.3. The largest absolute Gasteiger partial charge is 0.493 e. The fourth-order valence-corrected chi connectivity index (χ4v) is 4.25.